The van der Waals surface area contributed by atoms with Crippen molar-refractivity contribution in [2.24, 2.45) is 0 Å². The van der Waals surface area contributed by atoms with Gasteiger partial charge in [0.05, 0.1) is 25.7 Å². The second-order valence-corrected chi connectivity index (χ2v) is 8.71. The van der Waals surface area contributed by atoms with E-state index in [-0.39, 0.29) is 24.6 Å². The highest BCUT2D eigenvalue weighted by Crippen LogP contribution is 2.24. The second-order valence-electron chi connectivity index (χ2n) is 6.77. The van der Waals surface area contributed by atoms with Gasteiger partial charge in [-0.1, -0.05) is 36.4 Å². The molecule has 3 aromatic carbocycles. The summed E-state index contributed by atoms with van der Waals surface area (Å²) in [7, 11) is -0.628. The van der Waals surface area contributed by atoms with Crippen molar-refractivity contribution in [3.8, 4) is 11.5 Å². The topological polar surface area (TPSA) is 76.1 Å². The molecule has 0 aliphatic heterocycles. The molecule has 0 saturated heterocycles. The summed E-state index contributed by atoms with van der Waals surface area (Å²) in [5.41, 5.74) is 2.22. The van der Waals surface area contributed by atoms with Crippen LogP contribution in [0.2, 0.25) is 0 Å². The number of aliphatic hydroxyl groups is 1. The van der Waals surface area contributed by atoms with Gasteiger partial charge in [-0.15, -0.1) is 0 Å². The van der Waals surface area contributed by atoms with E-state index in [1.54, 1.807) is 56.7 Å². The Bertz CT molecular complexity index is 1010. The highest BCUT2D eigenvalue weighted by atomic mass is 32.2. The van der Waals surface area contributed by atoms with Crippen molar-refractivity contribution in [2.75, 3.05) is 14.2 Å². The number of sulfonamides is 1. The van der Waals surface area contributed by atoms with Gasteiger partial charge >= 0.3 is 0 Å². The number of hydrogen-bond donors (Lipinski definition) is 1. The van der Waals surface area contributed by atoms with Gasteiger partial charge in [-0.2, -0.15) is 4.31 Å². The first kappa shape index (κ1) is 21.8. The maximum atomic E-state index is 13.5. The summed E-state index contributed by atoms with van der Waals surface area (Å²) >= 11 is 0. The molecule has 0 spiro atoms. The molecule has 0 aliphatic carbocycles. The van der Waals surface area contributed by atoms with Gasteiger partial charge in [-0.25, -0.2) is 8.42 Å². The van der Waals surface area contributed by atoms with E-state index in [0.29, 0.717) is 17.1 Å². The van der Waals surface area contributed by atoms with Crippen molar-refractivity contribution in [3.63, 3.8) is 0 Å². The molecular weight excluding hydrogens is 402 g/mol. The summed E-state index contributed by atoms with van der Waals surface area (Å²) in [5, 5.41) is 9.40. The van der Waals surface area contributed by atoms with Gasteiger partial charge in [-0.3, -0.25) is 0 Å². The molecule has 7 heteroatoms. The molecule has 0 bridgehead atoms. The molecule has 6 nitrogen and oxygen atoms in total. The van der Waals surface area contributed by atoms with Crippen LogP contribution < -0.4 is 9.47 Å². The molecular formula is C23H25NO5S. The molecule has 30 heavy (non-hydrogen) atoms. The fourth-order valence-corrected chi connectivity index (χ4v) is 4.54. The zero-order chi connectivity index (χ0) is 21.6. The molecule has 0 aromatic heterocycles. The molecule has 158 valence electrons. The van der Waals surface area contributed by atoms with E-state index < -0.39 is 10.0 Å². The third-order valence-electron chi connectivity index (χ3n) is 4.75. The fraction of sp³-hybridized carbons (Fsp3) is 0.217. The smallest absolute Gasteiger partial charge is 0.243 e. The lowest BCUT2D eigenvalue weighted by Crippen LogP contribution is -2.30. The Labute approximate surface area is 177 Å². The number of nitrogens with zero attached hydrogens (tertiary/aromatic N) is 1. The molecule has 0 heterocycles. The van der Waals surface area contributed by atoms with Crippen molar-refractivity contribution in [1.29, 1.82) is 0 Å². The lowest BCUT2D eigenvalue weighted by Gasteiger charge is -2.23. The first-order valence-electron chi connectivity index (χ1n) is 9.42. The van der Waals surface area contributed by atoms with Crippen LogP contribution in [0.1, 0.15) is 16.7 Å². The van der Waals surface area contributed by atoms with Crippen LogP contribution in [0.15, 0.2) is 77.7 Å². The summed E-state index contributed by atoms with van der Waals surface area (Å²) < 4.78 is 38.7. The Balaban J connectivity index is 1.95. The number of benzene rings is 3. The maximum absolute atomic E-state index is 13.5. The number of hydrogen-bond acceptors (Lipinski definition) is 5. The molecule has 0 saturated carbocycles. The SMILES string of the molecule is COc1ccc(CN(Cc2ccc(OC)cc2)S(=O)(=O)c2cccc(CO)c2)cc1. The Morgan fingerprint density at radius 2 is 1.27 bits per heavy atom. The first-order valence-corrected chi connectivity index (χ1v) is 10.9. The molecule has 3 aromatic rings. The normalized spacial score (nSPS) is 11.5. The predicted octanol–water partition coefficient (Wildman–Crippen LogP) is 3.59. The van der Waals surface area contributed by atoms with Crippen LogP contribution in [-0.4, -0.2) is 32.0 Å². The fourth-order valence-electron chi connectivity index (χ4n) is 3.05. The summed E-state index contributed by atoms with van der Waals surface area (Å²) in [6, 6.07) is 21.0. The van der Waals surface area contributed by atoms with Crippen molar-refractivity contribution >= 4 is 10.0 Å². The minimum atomic E-state index is -3.80. The van der Waals surface area contributed by atoms with Gasteiger partial charge < -0.3 is 14.6 Å². The molecule has 0 unspecified atom stereocenters. The zero-order valence-electron chi connectivity index (χ0n) is 17.0. The van der Waals surface area contributed by atoms with Crippen LogP contribution in [0.5, 0.6) is 11.5 Å². The molecule has 0 atom stereocenters. The Morgan fingerprint density at radius 1 is 0.767 bits per heavy atom. The minimum absolute atomic E-state index is 0.149. The van der Waals surface area contributed by atoms with Crippen LogP contribution >= 0.6 is 0 Å². The van der Waals surface area contributed by atoms with Crippen LogP contribution in [0.3, 0.4) is 0 Å². The minimum Gasteiger partial charge on any atom is -0.497 e. The van der Waals surface area contributed by atoms with E-state index in [1.165, 1.54) is 10.4 Å². The summed E-state index contributed by atoms with van der Waals surface area (Å²) in [5.74, 6) is 1.41. The van der Waals surface area contributed by atoms with Gasteiger partial charge in [0.15, 0.2) is 0 Å². The number of methoxy groups -OCH3 is 2. The monoisotopic (exact) mass is 427 g/mol. The third-order valence-corrected chi connectivity index (χ3v) is 6.54. The Kier molecular flexibility index (Phi) is 7.10. The van der Waals surface area contributed by atoms with Crippen LogP contribution in [0.4, 0.5) is 0 Å². The van der Waals surface area contributed by atoms with Crippen LogP contribution in [0.25, 0.3) is 0 Å². The number of aliphatic hydroxyl groups excluding tert-OH is 1. The van der Waals surface area contributed by atoms with Crippen LogP contribution in [0, 0.1) is 0 Å². The van der Waals surface area contributed by atoms with Crippen molar-refractivity contribution in [1.82, 2.24) is 4.31 Å². The molecule has 0 fully saturated rings. The average Bonchev–Trinajstić information content (AvgIpc) is 2.79. The predicted molar refractivity (Wildman–Crippen MR) is 115 cm³/mol. The van der Waals surface area contributed by atoms with Gasteiger partial charge in [0, 0.05) is 13.1 Å². The molecule has 0 radical (unpaired) electrons. The maximum Gasteiger partial charge on any atom is 0.243 e. The molecule has 3 rings (SSSR count). The quantitative estimate of drug-likeness (QED) is 0.565. The van der Waals surface area contributed by atoms with Crippen molar-refractivity contribution in [3.05, 3.63) is 89.5 Å². The van der Waals surface area contributed by atoms with E-state index >= 15 is 0 Å². The lowest BCUT2D eigenvalue weighted by atomic mass is 10.2. The van der Waals surface area contributed by atoms with Gasteiger partial charge in [0.25, 0.3) is 0 Å². The largest absolute Gasteiger partial charge is 0.497 e. The molecule has 1 N–H and O–H groups in total. The number of ether oxygens (including phenoxy) is 2. The first-order chi connectivity index (χ1) is 14.5. The Morgan fingerprint density at radius 3 is 1.70 bits per heavy atom. The lowest BCUT2D eigenvalue weighted by molar-refractivity contribution is 0.281. The summed E-state index contributed by atoms with van der Waals surface area (Å²) in [4.78, 5) is 0.149. The zero-order valence-corrected chi connectivity index (χ0v) is 17.8. The van der Waals surface area contributed by atoms with E-state index in [0.717, 1.165) is 11.1 Å². The van der Waals surface area contributed by atoms with E-state index in [2.05, 4.69) is 0 Å². The third kappa shape index (κ3) is 5.18. The van der Waals surface area contributed by atoms with Crippen LogP contribution in [-0.2, 0) is 29.7 Å². The van der Waals surface area contributed by atoms with Crippen molar-refractivity contribution < 1.29 is 23.0 Å². The second kappa shape index (κ2) is 9.75. The standard InChI is InChI=1S/C23H25NO5S/c1-28-21-10-6-18(7-11-21)15-24(16-19-8-12-22(29-2)13-9-19)30(26,27)23-5-3-4-20(14-23)17-25/h3-14,25H,15-17H2,1-2H3. The molecule has 0 aliphatic rings. The summed E-state index contributed by atoms with van der Waals surface area (Å²) in [6.45, 7) is 0.170. The highest BCUT2D eigenvalue weighted by molar-refractivity contribution is 7.89. The summed E-state index contributed by atoms with van der Waals surface area (Å²) in [6.07, 6.45) is 0. The Hall–Kier alpha value is -2.87. The molecule has 0 amide bonds. The van der Waals surface area contributed by atoms with E-state index in [9.17, 15) is 13.5 Å². The average molecular weight is 428 g/mol. The van der Waals surface area contributed by atoms with Crippen molar-refractivity contribution in [2.45, 2.75) is 24.6 Å². The van der Waals surface area contributed by atoms with E-state index in [4.69, 9.17) is 9.47 Å². The highest BCUT2D eigenvalue weighted by Gasteiger charge is 2.25. The number of rotatable bonds is 9. The van der Waals surface area contributed by atoms with Gasteiger partial charge in [-0.05, 0) is 53.1 Å². The van der Waals surface area contributed by atoms with E-state index in [1.807, 2.05) is 24.3 Å². The van der Waals surface area contributed by atoms with Gasteiger partial charge in [0.2, 0.25) is 10.0 Å². The van der Waals surface area contributed by atoms with Gasteiger partial charge in [0.1, 0.15) is 11.5 Å².